The molecular weight excluding hydrogens is 472 g/mol. The first-order valence-corrected chi connectivity index (χ1v) is 12.9. The van der Waals surface area contributed by atoms with E-state index in [1.807, 2.05) is 65.7 Å². The molecule has 1 fully saturated rings. The number of anilines is 1. The van der Waals surface area contributed by atoms with Gasteiger partial charge in [-0.3, -0.25) is 14.6 Å². The van der Waals surface area contributed by atoms with Crippen molar-refractivity contribution in [2.45, 2.75) is 32.6 Å². The Labute approximate surface area is 214 Å². The molecule has 0 atom stereocenters. The predicted octanol–water partition coefficient (Wildman–Crippen LogP) is 5.35. The fourth-order valence-corrected chi connectivity index (χ4v) is 5.32. The molecule has 2 aromatic heterocycles. The highest BCUT2D eigenvalue weighted by atomic mass is 32.1. The summed E-state index contributed by atoms with van der Waals surface area (Å²) >= 11 is 1.51. The summed E-state index contributed by atoms with van der Waals surface area (Å²) in [4.78, 5) is 36.2. The second-order valence-corrected chi connectivity index (χ2v) is 10.0. The number of rotatable bonds is 6. The van der Waals surface area contributed by atoms with Crippen LogP contribution in [-0.4, -0.2) is 46.4 Å². The van der Waals surface area contributed by atoms with Gasteiger partial charge in [0, 0.05) is 41.7 Å². The van der Waals surface area contributed by atoms with Crippen molar-refractivity contribution in [2.75, 3.05) is 25.0 Å². The molecular formula is C28H28N4O3S. The third kappa shape index (κ3) is 5.39. The molecule has 4 aromatic rings. The maximum absolute atomic E-state index is 12.8. The van der Waals surface area contributed by atoms with Crippen LogP contribution in [0.15, 0.2) is 60.1 Å². The van der Waals surface area contributed by atoms with Crippen molar-refractivity contribution in [3.05, 3.63) is 81.9 Å². The van der Waals surface area contributed by atoms with Crippen molar-refractivity contribution in [1.82, 2.24) is 14.9 Å². The predicted molar refractivity (Wildman–Crippen MR) is 142 cm³/mol. The number of pyridine rings is 1. The first-order valence-electron chi connectivity index (χ1n) is 12.1. The second kappa shape index (κ2) is 10.5. The third-order valence-corrected chi connectivity index (χ3v) is 7.66. The Bertz CT molecular complexity index is 1410. The smallest absolute Gasteiger partial charge is 0.275 e. The van der Waals surface area contributed by atoms with E-state index in [-0.39, 0.29) is 24.3 Å². The number of benzene rings is 2. The summed E-state index contributed by atoms with van der Waals surface area (Å²) in [5, 5.41) is 6.65. The van der Waals surface area contributed by atoms with E-state index in [9.17, 15) is 9.59 Å². The number of amides is 2. The number of likely N-dealkylation sites (tertiary alicyclic amines) is 1. The molecule has 5 rings (SSSR count). The Kier molecular flexibility index (Phi) is 6.95. The molecule has 7 nitrogen and oxygen atoms in total. The first-order chi connectivity index (χ1) is 17.5. The van der Waals surface area contributed by atoms with Gasteiger partial charge in [-0.25, -0.2) is 4.98 Å². The van der Waals surface area contributed by atoms with Crippen LogP contribution in [0, 0.1) is 13.8 Å². The Balaban J connectivity index is 1.13. The molecule has 1 saturated heterocycles. The zero-order valence-electron chi connectivity index (χ0n) is 20.4. The number of nitrogens with zero attached hydrogens (tertiary/aromatic N) is 3. The van der Waals surface area contributed by atoms with Crippen molar-refractivity contribution in [1.29, 1.82) is 0 Å². The Hall–Kier alpha value is -3.78. The fraction of sp³-hybridized carbons (Fsp3) is 0.286. The van der Waals surface area contributed by atoms with Crippen molar-refractivity contribution < 1.29 is 14.3 Å². The van der Waals surface area contributed by atoms with Gasteiger partial charge in [-0.15, -0.1) is 11.3 Å². The van der Waals surface area contributed by atoms with Crippen LogP contribution in [0.4, 0.5) is 5.69 Å². The fourth-order valence-electron chi connectivity index (χ4n) is 4.34. The first kappa shape index (κ1) is 23.9. The quantitative estimate of drug-likeness (QED) is 0.386. The number of aromatic nitrogens is 2. The van der Waals surface area contributed by atoms with Gasteiger partial charge >= 0.3 is 0 Å². The minimum absolute atomic E-state index is 0.00327. The van der Waals surface area contributed by atoms with Crippen LogP contribution >= 0.6 is 11.3 Å². The highest BCUT2D eigenvalue weighted by Gasteiger charge is 2.26. The molecule has 0 spiro atoms. The van der Waals surface area contributed by atoms with Crippen molar-refractivity contribution in [2.24, 2.45) is 0 Å². The molecule has 1 aliphatic rings. The lowest BCUT2D eigenvalue weighted by Crippen LogP contribution is -2.40. The summed E-state index contributed by atoms with van der Waals surface area (Å²) in [5.41, 5.74) is 4.36. The molecule has 0 bridgehead atoms. The molecule has 1 aliphatic heterocycles. The largest absolute Gasteiger partial charge is 0.484 e. The normalized spacial score (nSPS) is 14.1. The van der Waals surface area contributed by atoms with Gasteiger partial charge in [0.25, 0.3) is 11.8 Å². The van der Waals surface area contributed by atoms with E-state index in [0.717, 1.165) is 40.1 Å². The number of hydrogen-bond acceptors (Lipinski definition) is 6. The zero-order chi connectivity index (χ0) is 25.1. The summed E-state index contributed by atoms with van der Waals surface area (Å²) in [6.07, 6.45) is 3.39. The lowest BCUT2D eigenvalue weighted by atomic mass is 9.97. The van der Waals surface area contributed by atoms with Crippen molar-refractivity contribution in [3.8, 4) is 5.75 Å². The molecule has 36 heavy (non-hydrogen) atoms. The molecule has 0 radical (unpaired) electrons. The molecule has 0 aliphatic carbocycles. The van der Waals surface area contributed by atoms with E-state index in [1.54, 1.807) is 6.20 Å². The third-order valence-electron chi connectivity index (χ3n) is 6.65. The van der Waals surface area contributed by atoms with E-state index in [0.29, 0.717) is 24.5 Å². The van der Waals surface area contributed by atoms with Gasteiger partial charge in [-0.05, 0) is 74.2 Å². The maximum atomic E-state index is 12.8. The number of piperidine rings is 1. The Morgan fingerprint density at radius 2 is 1.92 bits per heavy atom. The molecule has 8 heteroatoms. The Morgan fingerprint density at radius 1 is 1.08 bits per heavy atom. The van der Waals surface area contributed by atoms with Crippen LogP contribution in [0.3, 0.4) is 0 Å². The monoisotopic (exact) mass is 500 g/mol. The molecule has 0 unspecified atom stereocenters. The van der Waals surface area contributed by atoms with Crippen LogP contribution in [0.2, 0.25) is 0 Å². The molecule has 1 N–H and O–H groups in total. The SMILES string of the molecule is Cc1ccc(OCC(=O)N2CCC(c3nc(C(=O)Nc4ccc5ncccc5c4)cs3)CC2)cc1C. The number of fused-ring (bicyclic) bond motifs is 1. The van der Waals surface area contributed by atoms with E-state index in [1.165, 1.54) is 16.9 Å². The number of nitrogens with one attached hydrogen (secondary N) is 1. The highest BCUT2D eigenvalue weighted by Crippen LogP contribution is 2.31. The summed E-state index contributed by atoms with van der Waals surface area (Å²) in [5.74, 6) is 0.733. The Morgan fingerprint density at radius 3 is 2.72 bits per heavy atom. The lowest BCUT2D eigenvalue weighted by Gasteiger charge is -2.31. The number of carbonyl (C=O) groups is 2. The number of aryl methyl sites for hydroxylation is 2. The van der Waals surface area contributed by atoms with Crippen LogP contribution in [-0.2, 0) is 4.79 Å². The van der Waals surface area contributed by atoms with Crippen LogP contribution in [0.5, 0.6) is 5.75 Å². The van der Waals surface area contributed by atoms with Gasteiger partial charge in [0.05, 0.1) is 10.5 Å². The molecule has 0 saturated carbocycles. The summed E-state index contributed by atoms with van der Waals surface area (Å²) in [6, 6.07) is 15.3. The number of ether oxygens (including phenoxy) is 1. The summed E-state index contributed by atoms with van der Waals surface area (Å²) < 4.78 is 5.72. The number of thiazole rings is 1. The van der Waals surface area contributed by atoms with Gasteiger partial charge in [0.2, 0.25) is 0 Å². The van der Waals surface area contributed by atoms with Gasteiger partial charge in [-0.2, -0.15) is 0 Å². The topological polar surface area (TPSA) is 84.4 Å². The van der Waals surface area contributed by atoms with Crippen molar-refractivity contribution in [3.63, 3.8) is 0 Å². The van der Waals surface area contributed by atoms with Gasteiger partial charge < -0.3 is 15.0 Å². The minimum atomic E-state index is -0.225. The second-order valence-electron chi connectivity index (χ2n) is 9.13. The van der Waals surface area contributed by atoms with Gasteiger partial charge in [0.1, 0.15) is 11.4 Å². The average Bonchev–Trinajstić information content (AvgIpc) is 3.40. The molecule has 2 aromatic carbocycles. The molecule has 3 heterocycles. The lowest BCUT2D eigenvalue weighted by molar-refractivity contribution is -0.134. The zero-order valence-corrected chi connectivity index (χ0v) is 21.2. The van der Waals surface area contributed by atoms with Gasteiger partial charge in [0.15, 0.2) is 6.61 Å². The number of carbonyl (C=O) groups excluding carboxylic acids is 2. The summed E-state index contributed by atoms with van der Waals surface area (Å²) in [7, 11) is 0. The van der Waals surface area contributed by atoms with Crippen LogP contribution in [0.25, 0.3) is 10.9 Å². The van der Waals surface area contributed by atoms with E-state index >= 15 is 0 Å². The standard InChI is InChI=1S/C28H28N4O3S/c1-18-5-7-23(14-19(18)2)35-16-26(33)32-12-9-20(10-13-32)28-31-25(17-36-28)27(34)30-22-6-8-24-21(15-22)4-3-11-29-24/h3-8,11,14-15,17,20H,9-10,12-13,16H2,1-2H3,(H,30,34). The highest BCUT2D eigenvalue weighted by molar-refractivity contribution is 7.10. The average molecular weight is 501 g/mol. The minimum Gasteiger partial charge on any atom is -0.484 e. The van der Waals surface area contributed by atoms with E-state index in [4.69, 9.17) is 4.74 Å². The molecule has 2 amide bonds. The maximum Gasteiger partial charge on any atom is 0.275 e. The number of hydrogen-bond donors (Lipinski definition) is 1. The van der Waals surface area contributed by atoms with Gasteiger partial charge in [-0.1, -0.05) is 12.1 Å². The van der Waals surface area contributed by atoms with Crippen LogP contribution in [0.1, 0.15) is 45.4 Å². The summed E-state index contributed by atoms with van der Waals surface area (Å²) in [6.45, 7) is 5.44. The van der Waals surface area contributed by atoms with Crippen LogP contribution < -0.4 is 10.1 Å². The van der Waals surface area contributed by atoms with E-state index in [2.05, 4.69) is 22.2 Å². The molecule has 184 valence electrons. The van der Waals surface area contributed by atoms with E-state index < -0.39 is 0 Å². The van der Waals surface area contributed by atoms with Crippen molar-refractivity contribution >= 4 is 39.7 Å².